The molecule has 1 heterocycles. The number of aromatic nitrogens is 1. The second-order valence-electron chi connectivity index (χ2n) is 4.84. The van der Waals surface area contributed by atoms with Crippen LogP contribution in [0.2, 0.25) is 10.0 Å². The van der Waals surface area contributed by atoms with Crippen molar-refractivity contribution in [2.24, 2.45) is 0 Å². The maximum atomic E-state index is 12.2. The third-order valence-corrected chi connectivity index (χ3v) is 3.20. The Hall–Kier alpha value is -1.78. The highest BCUT2D eigenvalue weighted by molar-refractivity contribution is 6.35. The molecule has 2 rings (SSSR count). The highest BCUT2D eigenvalue weighted by Gasteiger charge is 2.10. The van der Waals surface area contributed by atoms with Gasteiger partial charge in [-0.1, -0.05) is 23.2 Å². The molecule has 21 heavy (non-hydrogen) atoms. The molecule has 0 aliphatic heterocycles. The minimum absolute atomic E-state index is 0.257. The molecule has 6 heteroatoms. The zero-order chi connectivity index (χ0) is 15.4. The summed E-state index contributed by atoms with van der Waals surface area (Å²) in [6.07, 6.45) is 3.17. The lowest BCUT2D eigenvalue weighted by atomic mass is 10.2. The van der Waals surface area contributed by atoms with E-state index in [9.17, 15) is 4.79 Å². The SMILES string of the molecule is CC(C)Nc1cncc(C(=O)Nc2cc(Cl)ccc2Cl)c1. The smallest absolute Gasteiger partial charge is 0.257 e. The van der Waals surface area contributed by atoms with E-state index in [0.717, 1.165) is 5.69 Å². The van der Waals surface area contributed by atoms with Crippen LogP contribution in [-0.4, -0.2) is 16.9 Å². The molecule has 0 radical (unpaired) electrons. The maximum Gasteiger partial charge on any atom is 0.257 e. The minimum Gasteiger partial charge on any atom is -0.382 e. The van der Waals surface area contributed by atoms with E-state index in [1.165, 1.54) is 6.20 Å². The number of rotatable bonds is 4. The van der Waals surface area contributed by atoms with Crippen molar-refractivity contribution in [3.05, 3.63) is 52.3 Å². The number of amides is 1. The number of halogens is 2. The van der Waals surface area contributed by atoms with Gasteiger partial charge in [0.15, 0.2) is 0 Å². The van der Waals surface area contributed by atoms with E-state index < -0.39 is 0 Å². The molecule has 0 aliphatic carbocycles. The predicted molar refractivity (Wildman–Crippen MR) is 87.4 cm³/mol. The average Bonchev–Trinajstić information content (AvgIpc) is 2.42. The summed E-state index contributed by atoms with van der Waals surface area (Å²) in [7, 11) is 0. The van der Waals surface area contributed by atoms with Crippen molar-refractivity contribution in [2.75, 3.05) is 10.6 Å². The molecule has 0 atom stereocenters. The summed E-state index contributed by atoms with van der Waals surface area (Å²) in [5.41, 5.74) is 1.70. The first-order chi connectivity index (χ1) is 9.95. The van der Waals surface area contributed by atoms with Gasteiger partial charge in [0.25, 0.3) is 5.91 Å². The van der Waals surface area contributed by atoms with E-state index in [0.29, 0.717) is 21.3 Å². The van der Waals surface area contributed by atoms with E-state index in [-0.39, 0.29) is 11.9 Å². The first kappa shape index (κ1) is 15.6. The number of carbonyl (C=O) groups excluding carboxylic acids is 1. The molecule has 0 saturated carbocycles. The average molecular weight is 324 g/mol. The highest BCUT2D eigenvalue weighted by atomic mass is 35.5. The second kappa shape index (κ2) is 6.78. The Kier molecular flexibility index (Phi) is 5.04. The molecule has 2 N–H and O–H groups in total. The van der Waals surface area contributed by atoms with E-state index >= 15 is 0 Å². The fourth-order valence-corrected chi connectivity index (χ4v) is 2.10. The Morgan fingerprint density at radius 1 is 1.19 bits per heavy atom. The fourth-order valence-electron chi connectivity index (χ4n) is 1.76. The Bertz CT molecular complexity index is 659. The van der Waals surface area contributed by atoms with Crippen LogP contribution in [0, 0.1) is 0 Å². The van der Waals surface area contributed by atoms with Gasteiger partial charge in [0, 0.05) is 23.5 Å². The second-order valence-corrected chi connectivity index (χ2v) is 5.68. The number of anilines is 2. The van der Waals surface area contributed by atoms with Crippen LogP contribution < -0.4 is 10.6 Å². The van der Waals surface area contributed by atoms with Crippen LogP contribution in [0.1, 0.15) is 24.2 Å². The molecule has 0 saturated heterocycles. The van der Waals surface area contributed by atoms with Crippen LogP contribution >= 0.6 is 23.2 Å². The quantitative estimate of drug-likeness (QED) is 0.873. The van der Waals surface area contributed by atoms with E-state index in [2.05, 4.69) is 15.6 Å². The molecule has 0 unspecified atom stereocenters. The standard InChI is InChI=1S/C15H15Cl2N3O/c1-9(2)19-12-5-10(7-18-8-12)15(21)20-14-6-11(16)3-4-13(14)17/h3-9,19H,1-2H3,(H,20,21). The Morgan fingerprint density at radius 3 is 2.67 bits per heavy atom. The third-order valence-electron chi connectivity index (χ3n) is 2.63. The van der Waals surface area contributed by atoms with Crippen molar-refractivity contribution in [1.82, 2.24) is 4.98 Å². The summed E-state index contributed by atoms with van der Waals surface area (Å²) in [6.45, 7) is 4.02. The summed E-state index contributed by atoms with van der Waals surface area (Å²) in [4.78, 5) is 16.3. The molecule has 1 amide bonds. The van der Waals surface area contributed by atoms with Crippen molar-refractivity contribution in [3.8, 4) is 0 Å². The summed E-state index contributed by atoms with van der Waals surface area (Å²) in [5, 5.41) is 6.85. The number of nitrogens with zero attached hydrogens (tertiary/aromatic N) is 1. The molecular weight excluding hydrogens is 309 g/mol. The first-order valence-corrected chi connectivity index (χ1v) is 7.19. The lowest BCUT2D eigenvalue weighted by molar-refractivity contribution is 0.102. The topological polar surface area (TPSA) is 54.0 Å². The van der Waals surface area contributed by atoms with Crippen LogP contribution in [0.5, 0.6) is 0 Å². The van der Waals surface area contributed by atoms with E-state index in [1.807, 2.05) is 13.8 Å². The third kappa shape index (κ3) is 4.34. The van der Waals surface area contributed by atoms with Crippen LogP contribution in [-0.2, 0) is 0 Å². The Labute approximate surface area is 133 Å². The molecule has 0 spiro atoms. The molecular formula is C15H15Cl2N3O. The van der Waals surface area contributed by atoms with E-state index in [1.54, 1.807) is 30.5 Å². The van der Waals surface area contributed by atoms with Crippen LogP contribution in [0.15, 0.2) is 36.7 Å². The molecule has 110 valence electrons. The fraction of sp³-hybridized carbons (Fsp3) is 0.200. The molecule has 4 nitrogen and oxygen atoms in total. The largest absolute Gasteiger partial charge is 0.382 e. The molecule has 2 aromatic rings. The first-order valence-electron chi connectivity index (χ1n) is 6.43. The minimum atomic E-state index is -0.293. The zero-order valence-electron chi connectivity index (χ0n) is 11.7. The van der Waals surface area contributed by atoms with Gasteiger partial charge < -0.3 is 10.6 Å². The number of hydrogen-bond donors (Lipinski definition) is 2. The van der Waals surface area contributed by atoms with Gasteiger partial charge in [-0.05, 0) is 38.1 Å². The van der Waals surface area contributed by atoms with Crippen molar-refractivity contribution in [3.63, 3.8) is 0 Å². The molecule has 1 aromatic heterocycles. The van der Waals surface area contributed by atoms with Gasteiger partial charge in [0.05, 0.1) is 22.0 Å². The van der Waals surface area contributed by atoms with Gasteiger partial charge in [0.1, 0.15) is 0 Å². The number of carbonyl (C=O) groups is 1. The number of hydrogen-bond acceptors (Lipinski definition) is 3. The normalized spacial score (nSPS) is 10.5. The van der Waals surface area contributed by atoms with Crippen molar-refractivity contribution >= 4 is 40.5 Å². The van der Waals surface area contributed by atoms with Crippen molar-refractivity contribution < 1.29 is 4.79 Å². The summed E-state index contributed by atoms with van der Waals surface area (Å²) in [5.74, 6) is -0.293. The van der Waals surface area contributed by atoms with Gasteiger partial charge in [0.2, 0.25) is 0 Å². The van der Waals surface area contributed by atoms with Crippen molar-refractivity contribution in [1.29, 1.82) is 0 Å². The van der Waals surface area contributed by atoms with Crippen LogP contribution in [0.3, 0.4) is 0 Å². The van der Waals surface area contributed by atoms with Crippen LogP contribution in [0.4, 0.5) is 11.4 Å². The maximum absolute atomic E-state index is 12.2. The lowest BCUT2D eigenvalue weighted by Crippen LogP contribution is -2.14. The highest BCUT2D eigenvalue weighted by Crippen LogP contribution is 2.26. The van der Waals surface area contributed by atoms with E-state index in [4.69, 9.17) is 23.2 Å². The Balaban J connectivity index is 2.18. The number of pyridine rings is 1. The zero-order valence-corrected chi connectivity index (χ0v) is 13.2. The molecule has 0 bridgehead atoms. The molecule has 0 fully saturated rings. The predicted octanol–water partition coefficient (Wildman–Crippen LogP) is 4.46. The lowest BCUT2D eigenvalue weighted by Gasteiger charge is -2.11. The molecule has 0 aliphatic rings. The van der Waals surface area contributed by atoms with Crippen molar-refractivity contribution in [2.45, 2.75) is 19.9 Å². The van der Waals surface area contributed by atoms with Gasteiger partial charge in [-0.15, -0.1) is 0 Å². The number of nitrogens with one attached hydrogen (secondary N) is 2. The van der Waals surface area contributed by atoms with Gasteiger partial charge >= 0.3 is 0 Å². The van der Waals surface area contributed by atoms with Gasteiger partial charge in [-0.25, -0.2) is 0 Å². The van der Waals surface area contributed by atoms with Gasteiger partial charge in [-0.2, -0.15) is 0 Å². The van der Waals surface area contributed by atoms with Gasteiger partial charge in [-0.3, -0.25) is 9.78 Å². The summed E-state index contributed by atoms with van der Waals surface area (Å²) in [6, 6.07) is 6.89. The summed E-state index contributed by atoms with van der Waals surface area (Å²) >= 11 is 11.9. The number of benzene rings is 1. The summed E-state index contributed by atoms with van der Waals surface area (Å²) < 4.78 is 0. The monoisotopic (exact) mass is 323 g/mol. The molecule has 1 aromatic carbocycles. The Morgan fingerprint density at radius 2 is 1.95 bits per heavy atom. The van der Waals surface area contributed by atoms with Crippen LogP contribution in [0.25, 0.3) is 0 Å².